The zero-order valence-corrected chi connectivity index (χ0v) is 19.5. The number of hydrogen-bond donors (Lipinski definition) is 1. The molecule has 0 bridgehead atoms. The maximum Gasteiger partial charge on any atom is 0.344 e. The number of carbonyl (C=O) groups is 1. The number of hydrogen-bond acceptors (Lipinski definition) is 3. The third-order valence-corrected chi connectivity index (χ3v) is 5.37. The number of esters is 1. The second-order valence-electron chi connectivity index (χ2n) is 10.1. The second kappa shape index (κ2) is 8.22. The Labute approximate surface area is 185 Å². The summed E-state index contributed by atoms with van der Waals surface area (Å²) in [4.78, 5) is 13.5. The molecule has 3 heteroatoms. The van der Waals surface area contributed by atoms with E-state index in [1.54, 1.807) is 18.2 Å². The van der Waals surface area contributed by atoms with Gasteiger partial charge in [-0.15, -0.1) is 0 Å². The first-order valence-corrected chi connectivity index (χ1v) is 10.6. The number of benzene rings is 3. The third-order valence-electron chi connectivity index (χ3n) is 5.37. The molecule has 0 saturated heterocycles. The van der Waals surface area contributed by atoms with Crippen molar-refractivity contribution in [2.75, 3.05) is 0 Å². The molecule has 0 saturated carbocycles. The number of rotatable bonds is 3. The van der Waals surface area contributed by atoms with Crippen molar-refractivity contribution in [3.05, 3.63) is 82.9 Å². The van der Waals surface area contributed by atoms with Crippen LogP contribution in [-0.2, 0) is 10.8 Å². The fourth-order valence-corrected chi connectivity index (χ4v) is 3.76. The maximum absolute atomic E-state index is 13.5. The molecule has 3 rings (SSSR count). The fraction of sp³-hybridized carbons (Fsp3) is 0.321. The van der Waals surface area contributed by atoms with Crippen LogP contribution in [0.3, 0.4) is 0 Å². The number of carbonyl (C=O) groups excluding carboxylic acids is 1. The van der Waals surface area contributed by atoms with E-state index in [0.717, 1.165) is 22.3 Å². The van der Waals surface area contributed by atoms with Crippen molar-refractivity contribution in [3.8, 4) is 22.6 Å². The van der Waals surface area contributed by atoms with E-state index in [1.807, 2.05) is 30.3 Å². The number of ether oxygens (including phenoxy) is 1. The van der Waals surface area contributed by atoms with Crippen LogP contribution in [0.5, 0.6) is 11.5 Å². The predicted molar refractivity (Wildman–Crippen MR) is 127 cm³/mol. The first-order chi connectivity index (χ1) is 14.4. The molecule has 3 aromatic carbocycles. The molecule has 3 nitrogen and oxygen atoms in total. The highest BCUT2D eigenvalue weighted by Crippen LogP contribution is 2.42. The van der Waals surface area contributed by atoms with E-state index in [9.17, 15) is 9.90 Å². The minimum absolute atomic E-state index is 0.0524. The molecule has 0 amide bonds. The molecule has 0 aliphatic carbocycles. The molecule has 0 aromatic heterocycles. The lowest BCUT2D eigenvalue weighted by Crippen LogP contribution is -2.22. The van der Waals surface area contributed by atoms with E-state index in [-0.39, 0.29) is 16.6 Å². The van der Waals surface area contributed by atoms with E-state index < -0.39 is 5.97 Å². The van der Waals surface area contributed by atoms with Gasteiger partial charge in [0.1, 0.15) is 11.5 Å². The molecular formula is C28H32O3. The molecule has 0 radical (unpaired) electrons. The Balaban J connectivity index is 2.17. The number of aromatic hydroxyl groups is 1. The highest BCUT2D eigenvalue weighted by molar-refractivity contribution is 6.00. The highest BCUT2D eigenvalue weighted by atomic mass is 16.5. The Morgan fingerprint density at radius 3 is 1.87 bits per heavy atom. The zero-order chi connectivity index (χ0) is 23.0. The second-order valence-corrected chi connectivity index (χ2v) is 10.1. The minimum atomic E-state index is -0.477. The normalized spacial score (nSPS) is 12.0. The molecule has 0 aliphatic heterocycles. The highest BCUT2D eigenvalue weighted by Gasteiger charge is 2.30. The van der Waals surface area contributed by atoms with Crippen molar-refractivity contribution in [2.45, 2.75) is 59.3 Å². The topological polar surface area (TPSA) is 46.5 Å². The van der Waals surface area contributed by atoms with Crippen LogP contribution in [0.1, 0.15) is 68.6 Å². The minimum Gasteiger partial charge on any atom is -0.507 e. The summed E-state index contributed by atoms with van der Waals surface area (Å²) in [6.07, 6.45) is 0. The van der Waals surface area contributed by atoms with Crippen LogP contribution in [0.25, 0.3) is 11.1 Å². The molecule has 0 fully saturated rings. The van der Waals surface area contributed by atoms with Crippen molar-refractivity contribution < 1.29 is 14.6 Å². The first kappa shape index (κ1) is 22.6. The van der Waals surface area contributed by atoms with E-state index in [1.165, 1.54) is 0 Å². The smallest absolute Gasteiger partial charge is 0.344 e. The lowest BCUT2D eigenvalue weighted by atomic mass is 9.78. The van der Waals surface area contributed by atoms with Gasteiger partial charge in [-0.05, 0) is 35.4 Å². The maximum atomic E-state index is 13.5. The summed E-state index contributed by atoms with van der Waals surface area (Å²) in [5.41, 5.74) is 4.30. The monoisotopic (exact) mass is 416 g/mol. The van der Waals surface area contributed by atoms with Crippen molar-refractivity contribution in [2.24, 2.45) is 0 Å². The van der Waals surface area contributed by atoms with E-state index in [0.29, 0.717) is 16.9 Å². The Hall–Kier alpha value is -3.07. The summed E-state index contributed by atoms with van der Waals surface area (Å²) in [5, 5.41) is 10.6. The van der Waals surface area contributed by atoms with Crippen LogP contribution >= 0.6 is 0 Å². The van der Waals surface area contributed by atoms with Crippen LogP contribution in [0.15, 0.2) is 60.7 Å². The average Bonchev–Trinajstić information content (AvgIpc) is 2.67. The van der Waals surface area contributed by atoms with E-state index in [4.69, 9.17) is 4.74 Å². The molecular weight excluding hydrogens is 384 g/mol. The number of phenolic OH excluding ortho intramolecular Hbond substituents is 1. The third kappa shape index (κ3) is 4.82. The van der Waals surface area contributed by atoms with Gasteiger partial charge in [0.05, 0.1) is 5.56 Å². The van der Waals surface area contributed by atoms with Crippen LogP contribution in [-0.4, -0.2) is 11.1 Å². The van der Waals surface area contributed by atoms with Crippen molar-refractivity contribution in [1.29, 1.82) is 0 Å². The molecule has 1 N–H and O–H groups in total. The summed E-state index contributed by atoms with van der Waals surface area (Å²) >= 11 is 0. The summed E-state index contributed by atoms with van der Waals surface area (Å²) in [7, 11) is 0. The van der Waals surface area contributed by atoms with Gasteiger partial charge < -0.3 is 9.84 Å². The lowest BCUT2D eigenvalue weighted by Gasteiger charge is -2.30. The van der Waals surface area contributed by atoms with Crippen LogP contribution in [0, 0.1) is 6.92 Å². The molecule has 3 aromatic rings. The van der Waals surface area contributed by atoms with Crippen molar-refractivity contribution in [3.63, 3.8) is 0 Å². The Morgan fingerprint density at radius 1 is 0.806 bits per heavy atom. The SMILES string of the molecule is Cc1cc(C(C)(C)C)c(OC(=O)c2cccc(O)c2-c2ccccc2)c(C(C)(C)C)c1. The van der Waals surface area contributed by atoms with Gasteiger partial charge in [0, 0.05) is 16.7 Å². The van der Waals surface area contributed by atoms with Crippen LogP contribution in [0.2, 0.25) is 0 Å². The quantitative estimate of drug-likeness (QED) is 0.363. The van der Waals surface area contributed by atoms with Crippen molar-refractivity contribution >= 4 is 5.97 Å². The molecule has 31 heavy (non-hydrogen) atoms. The lowest BCUT2D eigenvalue weighted by molar-refractivity contribution is 0.0729. The fourth-order valence-electron chi connectivity index (χ4n) is 3.76. The molecule has 0 atom stereocenters. The van der Waals surface area contributed by atoms with Crippen molar-refractivity contribution in [1.82, 2.24) is 0 Å². The summed E-state index contributed by atoms with van der Waals surface area (Å²) in [6.45, 7) is 14.8. The van der Waals surface area contributed by atoms with Crippen LogP contribution < -0.4 is 4.74 Å². The van der Waals surface area contributed by atoms with Gasteiger partial charge in [0.25, 0.3) is 0 Å². The molecule has 0 aliphatic rings. The molecule has 0 unspecified atom stereocenters. The van der Waals surface area contributed by atoms with Crippen LogP contribution in [0.4, 0.5) is 0 Å². The van der Waals surface area contributed by atoms with E-state index >= 15 is 0 Å². The largest absolute Gasteiger partial charge is 0.507 e. The number of phenols is 1. The predicted octanol–water partition coefficient (Wildman–Crippen LogP) is 7.18. The summed E-state index contributed by atoms with van der Waals surface area (Å²) in [5.74, 6) is 0.184. The Kier molecular flexibility index (Phi) is 6.00. The van der Waals surface area contributed by atoms with E-state index in [2.05, 4.69) is 60.6 Å². The summed E-state index contributed by atoms with van der Waals surface area (Å²) < 4.78 is 6.14. The van der Waals surface area contributed by atoms with Gasteiger partial charge in [0.2, 0.25) is 0 Å². The van der Waals surface area contributed by atoms with Gasteiger partial charge in [-0.3, -0.25) is 0 Å². The van der Waals surface area contributed by atoms with Gasteiger partial charge in [-0.1, -0.05) is 95.6 Å². The molecule has 0 heterocycles. The standard InChI is InChI=1S/C28H32O3/c1-18-16-21(27(2,3)4)25(22(17-18)28(5,6)7)31-26(30)20-14-11-15-23(29)24(20)19-12-9-8-10-13-19/h8-17,29H,1-7H3. The van der Waals surface area contributed by atoms with Gasteiger partial charge in [-0.25, -0.2) is 4.79 Å². The molecule has 162 valence electrons. The number of aryl methyl sites for hydroxylation is 1. The zero-order valence-electron chi connectivity index (χ0n) is 19.5. The Morgan fingerprint density at radius 2 is 1.35 bits per heavy atom. The first-order valence-electron chi connectivity index (χ1n) is 10.6. The average molecular weight is 417 g/mol. The summed E-state index contributed by atoms with van der Waals surface area (Å²) in [6, 6.07) is 18.6. The molecule has 0 spiro atoms. The van der Waals surface area contributed by atoms with Gasteiger partial charge >= 0.3 is 5.97 Å². The Bertz CT molecular complexity index is 1060. The van der Waals surface area contributed by atoms with Gasteiger partial charge in [-0.2, -0.15) is 0 Å². The van der Waals surface area contributed by atoms with Gasteiger partial charge in [0.15, 0.2) is 0 Å².